The van der Waals surface area contributed by atoms with Gasteiger partial charge in [0.05, 0.1) is 5.69 Å². The van der Waals surface area contributed by atoms with E-state index in [2.05, 4.69) is 10.5 Å². The van der Waals surface area contributed by atoms with Crippen LogP contribution in [0.1, 0.15) is 32.9 Å². The van der Waals surface area contributed by atoms with Crippen LogP contribution in [0.3, 0.4) is 0 Å². The summed E-state index contributed by atoms with van der Waals surface area (Å²) in [6.07, 6.45) is 0. The minimum absolute atomic E-state index is 0.250. The van der Waals surface area contributed by atoms with Gasteiger partial charge in [-0.1, -0.05) is 16.8 Å². The number of rotatable bonds is 2. The van der Waals surface area contributed by atoms with Crippen molar-refractivity contribution in [2.24, 2.45) is 0 Å². The van der Waals surface area contributed by atoms with Crippen LogP contribution in [0.4, 0.5) is 5.88 Å². The number of anilines is 1. The highest BCUT2D eigenvalue weighted by Gasteiger charge is 2.20. The SMILES string of the molecule is Cc1ccc2oc(C(=O)Nc3onc(C)c3C)c(C)c2c1.O=CO. The highest BCUT2D eigenvalue weighted by atomic mass is 16.5. The van der Waals surface area contributed by atoms with Crippen LogP contribution in [0.15, 0.2) is 27.1 Å². The third kappa shape index (κ3) is 3.29. The van der Waals surface area contributed by atoms with Crippen molar-refractivity contribution in [3.63, 3.8) is 0 Å². The first-order valence-corrected chi connectivity index (χ1v) is 7.20. The van der Waals surface area contributed by atoms with Gasteiger partial charge in [0.1, 0.15) is 5.58 Å². The number of aromatic nitrogens is 1. The van der Waals surface area contributed by atoms with Gasteiger partial charge in [-0.25, -0.2) is 0 Å². The number of fused-ring (bicyclic) bond motifs is 1. The van der Waals surface area contributed by atoms with Crippen LogP contribution in [0.5, 0.6) is 0 Å². The molecule has 7 nitrogen and oxygen atoms in total. The van der Waals surface area contributed by atoms with Crippen LogP contribution >= 0.6 is 0 Å². The molecule has 2 heterocycles. The number of nitrogens with one attached hydrogen (secondary N) is 1. The zero-order chi connectivity index (χ0) is 17.9. The largest absolute Gasteiger partial charge is 0.483 e. The highest BCUT2D eigenvalue weighted by Crippen LogP contribution is 2.27. The monoisotopic (exact) mass is 330 g/mol. The van der Waals surface area contributed by atoms with Crippen LogP contribution in [0.25, 0.3) is 11.0 Å². The smallest absolute Gasteiger partial charge is 0.294 e. The molecule has 2 N–H and O–H groups in total. The Morgan fingerprint density at radius 2 is 1.88 bits per heavy atom. The first-order chi connectivity index (χ1) is 11.4. The number of amides is 1. The van der Waals surface area contributed by atoms with E-state index in [1.807, 2.05) is 45.9 Å². The lowest BCUT2D eigenvalue weighted by molar-refractivity contribution is -0.122. The fraction of sp³-hybridized carbons (Fsp3) is 0.235. The molecule has 3 rings (SSSR count). The molecule has 0 unspecified atom stereocenters. The van der Waals surface area contributed by atoms with Gasteiger partial charge in [-0.2, -0.15) is 0 Å². The van der Waals surface area contributed by atoms with E-state index >= 15 is 0 Å². The molecule has 0 spiro atoms. The molecule has 0 aliphatic carbocycles. The van der Waals surface area contributed by atoms with Crippen molar-refractivity contribution >= 4 is 29.2 Å². The molecule has 0 aliphatic heterocycles. The van der Waals surface area contributed by atoms with Gasteiger partial charge >= 0.3 is 0 Å². The zero-order valence-electron chi connectivity index (χ0n) is 13.8. The molecule has 0 radical (unpaired) electrons. The second-order valence-corrected chi connectivity index (χ2v) is 5.34. The number of benzene rings is 1. The summed E-state index contributed by atoms with van der Waals surface area (Å²) >= 11 is 0. The average Bonchev–Trinajstić information content (AvgIpc) is 3.03. The molecule has 3 aromatic rings. The molecule has 7 heteroatoms. The molecule has 0 fully saturated rings. The fourth-order valence-electron chi connectivity index (χ4n) is 2.24. The van der Waals surface area contributed by atoms with Crippen molar-refractivity contribution in [1.29, 1.82) is 0 Å². The number of carbonyl (C=O) groups excluding carboxylic acids is 1. The normalized spacial score (nSPS) is 10.2. The molecular weight excluding hydrogens is 312 g/mol. The Bertz CT molecular complexity index is 892. The quantitative estimate of drug-likeness (QED) is 0.695. The predicted octanol–water partition coefficient (Wildman–Crippen LogP) is 3.61. The van der Waals surface area contributed by atoms with Gasteiger partial charge in [-0.15, -0.1) is 0 Å². The summed E-state index contributed by atoms with van der Waals surface area (Å²) in [4.78, 5) is 20.7. The molecule has 0 bridgehead atoms. The average molecular weight is 330 g/mol. The maximum absolute atomic E-state index is 12.4. The van der Waals surface area contributed by atoms with Gasteiger partial charge in [0.2, 0.25) is 5.88 Å². The Morgan fingerprint density at radius 1 is 1.21 bits per heavy atom. The zero-order valence-corrected chi connectivity index (χ0v) is 13.8. The summed E-state index contributed by atoms with van der Waals surface area (Å²) < 4.78 is 10.8. The lowest BCUT2D eigenvalue weighted by atomic mass is 10.1. The van der Waals surface area contributed by atoms with E-state index in [0.29, 0.717) is 17.2 Å². The van der Waals surface area contributed by atoms with E-state index in [0.717, 1.165) is 27.8 Å². The minimum atomic E-state index is -0.333. The van der Waals surface area contributed by atoms with Crippen molar-refractivity contribution < 1.29 is 23.6 Å². The van der Waals surface area contributed by atoms with E-state index in [1.165, 1.54) is 0 Å². The number of hydrogen-bond donors (Lipinski definition) is 2. The number of carbonyl (C=O) groups is 2. The maximum atomic E-state index is 12.4. The van der Waals surface area contributed by atoms with Crippen molar-refractivity contribution in [2.45, 2.75) is 27.7 Å². The van der Waals surface area contributed by atoms with Crippen LogP contribution in [0, 0.1) is 27.7 Å². The van der Waals surface area contributed by atoms with E-state index in [1.54, 1.807) is 0 Å². The Morgan fingerprint density at radius 3 is 2.46 bits per heavy atom. The minimum Gasteiger partial charge on any atom is -0.483 e. The van der Waals surface area contributed by atoms with Crippen molar-refractivity contribution in [3.05, 3.63) is 46.3 Å². The molecule has 1 aromatic carbocycles. The topological polar surface area (TPSA) is 106 Å². The summed E-state index contributed by atoms with van der Waals surface area (Å²) in [6.45, 7) is 7.30. The Labute approximate surface area is 138 Å². The number of nitrogens with zero attached hydrogens (tertiary/aromatic N) is 1. The van der Waals surface area contributed by atoms with E-state index in [4.69, 9.17) is 18.8 Å². The Hall–Kier alpha value is -3.09. The van der Waals surface area contributed by atoms with Crippen molar-refractivity contribution in [2.75, 3.05) is 5.32 Å². The first kappa shape index (κ1) is 17.3. The van der Waals surface area contributed by atoms with Crippen LogP contribution < -0.4 is 5.32 Å². The Kier molecular flexibility index (Phi) is 5.03. The molecule has 2 aromatic heterocycles. The van der Waals surface area contributed by atoms with Gasteiger partial charge in [0, 0.05) is 16.5 Å². The van der Waals surface area contributed by atoms with E-state index < -0.39 is 0 Å². The summed E-state index contributed by atoms with van der Waals surface area (Å²) in [5, 5.41) is 14.4. The van der Waals surface area contributed by atoms with Crippen LogP contribution in [-0.4, -0.2) is 22.6 Å². The summed E-state index contributed by atoms with van der Waals surface area (Å²) in [5.41, 5.74) is 4.21. The molecule has 0 saturated heterocycles. The number of aryl methyl sites for hydroxylation is 3. The summed E-state index contributed by atoms with van der Waals surface area (Å²) in [7, 11) is 0. The molecule has 0 saturated carbocycles. The second-order valence-electron chi connectivity index (χ2n) is 5.34. The first-order valence-electron chi connectivity index (χ1n) is 7.20. The van der Waals surface area contributed by atoms with Crippen molar-refractivity contribution in [1.82, 2.24) is 5.16 Å². The van der Waals surface area contributed by atoms with Gasteiger partial charge in [-0.05, 0) is 39.8 Å². The third-order valence-corrected chi connectivity index (χ3v) is 3.68. The van der Waals surface area contributed by atoms with Crippen LogP contribution in [-0.2, 0) is 4.79 Å². The fourth-order valence-corrected chi connectivity index (χ4v) is 2.24. The molecular formula is C17H18N2O5. The lowest BCUT2D eigenvalue weighted by Gasteiger charge is -2.00. The maximum Gasteiger partial charge on any atom is 0.294 e. The Balaban J connectivity index is 0.000000647. The lowest BCUT2D eigenvalue weighted by Crippen LogP contribution is -2.12. The van der Waals surface area contributed by atoms with Gasteiger partial charge < -0.3 is 14.0 Å². The second kappa shape index (κ2) is 6.99. The molecule has 1 amide bonds. The number of furan rings is 1. The van der Waals surface area contributed by atoms with Gasteiger partial charge in [-0.3, -0.25) is 14.9 Å². The standard InChI is InChI=1S/C16H16N2O3.CH2O2/c1-8-5-6-13-12(7-8)10(3)14(20-13)15(19)17-16-9(2)11(4)18-21-16;2-1-3/h5-7H,1-4H3,(H,17,19);1H,(H,2,3). The van der Waals surface area contributed by atoms with Crippen molar-refractivity contribution in [3.8, 4) is 0 Å². The highest BCUT2D eigenvalue weighted by molar-refractivity contribution is 6.06. The van der Waals surface area contributed by atoms with Gasteiger partial charge in [0.15, 0.2) is 5.76 Å². The summed E-state index contributed by atoms with van der Waals surface area (Å²) in [6, 6.07) is 5.84. The van der Waals surface area contributed by atoms with Gasteiger partial charge in [0.25, 0.3) is 12.4 Å². The molecule has 126 valence electrons. The molecule has 0 aliphatic rings. The summed E-state index contributed by atoms with van der Waals surface area (Å²) in [5.74, 6) is 0.318. The third-order valence-electron chi connectivity index (χ3n) is 3.68. The number of carboxylic acid groups (broad SMARTS) is 1. The molecule has 0 atom stereocenters. The number of hydrogen-bond acceptors (Lipinski definition) is 5. The van der Waals surface area contributed by atoms with E-state index in [-0.39, 0.29) is 12.4 Å². The molecule has 24 heavy (non-hydrogen) atoms. The van der Waals surface area contributed by atoms with E-state index in [9.17, 15) is 4.79 Å². The predicted molar refractivity (Wildman–Crippen MR) is 88.3 cm³/mol. The van der Waals surface area contributed by atoms with Crippen LogP contribution in [0.2, 0.25) is 0 Å².